The van der Waals surface area contributed by atoms with E-state index >= 15 is 0 Å². The second kappa shape index (κ2) is 12.3. The highest BCUT2D eigenvalue weighted by molar-refractivity contribution is 6.02. The summed E-state index contributed by atoms with van der Waals surface area (Å²) in [4.78, 5) is 9.55. The van der Waals surface area contributed by atoms with Crippen molar-refractivity contribution < 1.29 is 18.9 Å². The summed E-state index contributed by atoms with van der Waals surface area (Å²) in [6.45, 7) is 5.32. The second-order valence-corrected chi connectivity index (χ2v) is 7.86. The van der Waals surface area contributed by atoms with Crippen LogP contribution in [0, 0.1) is 5.92 Å². The molecular weight excluding hydrogens is 432 g/mol. The van der Waals surface area contributed by atoms with Crippen molar-refractivity contribution in [3.63, 3.8) is 0 Å². The number of ether oxygens (including phenoxy) is 4. The van der Waals surface area contributed by atoms with Gasteiger partial charge in [-0.1, -0.05) is 0 Å². The molecule has 0 amide bonds. The first-order chi connectivity index (χ1) is 15.3. The van der Waals surface area contributed by atoms with Gasteiger partial charge in [0.2, 0.25) is 0 Å². The molecule has 0 spiro atoms. The summed E-state index contributed by atoms with van der Waals surface area (Å²) in [6, 6.07) is 6.06. The number of nitrogens with two attached hydrogens (primary N) is 1. The largest absolute Gasteiger partial charge is 0.491 e. The molecule has 32 heavy (non-hydrogen) atoms. The first-order valence-corrected chi connectivity index (χ1v) is 11.1. The van der Waals surface area contributed by atoms with Crippen molar-refractivity contribution in [1.82, 2.24) is 14.5 Å². The third kappa shape index (κ3) is 5.88. The first-order valence-electron chi connectivity index (χ1n) is 11.1. The van der Waals surface area contributed by atoms with Gasteiger partial charge in [0, 0.05) is 51.3 Å². The predicted octanol–water partition coefficient (Wildman–Crippen LogP) is 2.98. The van der Waals surface area contributed by atoms with Crippen LogP contribution >= 0.6 is 12.4 Å². The van der Waals surface area contributed by atoms with E-state index in [4.69, 9.17) is 29.7 Å². The number of methoxy groups -OCH3 is 1. The minimum Gasteiger partial charge on any atom is -0.491 e. The summed E-state index contributed by atoms with van der Waals surface area (Å²) in [5.41, 5.74) is 8.40. The number of hydrogen-bond acceptors (Lipinski definition) is 7. The number of hydrogen-bond donors (Lipinski definition) is 1. The summed E-state index contributed by atoms with van der Waals surface area (Å²) in [7, 11) is 1.73. The number of aromatic nitrogens is 3. The van der Waals surface area contributed by atoms with Gasteiger partial charge in [0.15, 0.2) is 0 Å². The molecule has 0 saturated carbocycles. The number of imidazole rings is 1. The van der Waals surface area contributed by atoms with Crippen molar-refractivity contribution in [1.29, 1.82) is 0 Å². The van der Waals surface area contributed by atoms with Crippen LogP contribution in [0.25, 0.3) is 21.9 Å². The average molecular weight is 465 g/mol. The van der Waals surface area contributed by atoms with E-state index in [1.807, 2.05) is 18.3 Å². The van der Waals surface area contributed by atoms with Gasteiger partial charge in [0.1, 0.15) is 23.7 Å². The molecule has 1 aliphatic rings. The van der Waals surface area contributed by atoms with Crippen LogP contribution in [0.4, 0.5) is 0 Å². The number of nitrogens with zero attached hydrogens (tertiary/aromatic N) is 3. The van der Waals surface area contributed by atoms with Gasteiger partial charge in [0.05, 0.1) is 37.1 Å². The Labute approximate surface area is 194 Å². The normalized spacial score (nSPS) is 14.7. The van der Waals surface area contributed by atoms with Crippen LogP contribution < -0.4 is 10.5 Å². The Morgan fingerprint density at radius 1 is 1.12 bits per heavy atom. The van der Waals surface area contributed by atoms with Crippen LogP contribution in [0.3, 0.4) is 0 Å². The SMILES string of the molecule is COCCc1nc2cnc3cc(OCCOCCN)ccc3c2n1CC1CCOCC1.Cl. The summed E-state index contributed by atoms with van der Waals surface area (Å²) >= 11 is 0. The van der Waals surface area contributed by atoms with E-state index in [1.165, 1.54) is 0 Å². The highest BCUT2D eigenvalue weighted by atomic mass is 35.5. The van der Waals surface area contributed by atoms with Gasteiger partial charge in [-0.15, -0.1) is 12.4 Å². The maximum atomic E-state index is 5.82. The van der Waals surface area contributed by atoms with E-state index in [9.17, 15) is 0 Å². The molecule has 9 heteroatoms. The Hall–Kier alpha value is -1.97. The van der Waals surface area contributed by atoms with Crippen LogP contribution in [-0.4, -0.2) is 67.8 Å². The summed E-state index contributed by atoms with van der Waals surface area (Å²) < 4.78 is 24.5. The van der Waals surface area contributed by atoms with Crippen molar-refractivity contribution in [2.45, 2.75) is 25.8 Å². The number of rotatable bonds is 11. The number of halogens is 1. The lowest BCUT2D eigenvalue weighted by atomic mass is 10.00. The molecule has 0 radical (unpaired) electrons. The number of benzene rings is 1. The highest BCUT2D eigenvalue weighted by Gasteiger charge is 2.20. The molecule has 2 aromatic heterocycles. The van der Waals surface area contributed by atoms with Crippen molar-refractivity contribution >= 4 is 34.3 Å². The minimum absolute atomic E-state index is 0. The van der Waals surface area contributed by atoms with Gasteiger partial charge < -0.3 is 29.2 Å². The Kier molecular flexibility index (Phi) is 9.50. The molecule has 1 saturated heterocycles. The Morgan fingerprint density at radius 2 is 1.97 bits per heavy atom. The van der Waals surface area contributed by atoms with Crippen molar-refractivity contribution in [2.24, 2.45) is 11.7 Å². The standard InChI is InChI=1S/C23H32N4O4.ClH/c1-28-8-6-22-26-21-15-25-20-14-18(31-13-12-30-11-7-24)2-3-19(20)23(21)27(22)16-17-4-9-29-10-5-17;/h2-3,14-15,17H,4-13,16,24H2,1H3;1H. The molecule has 8 nitrogen and oxygen atoms in total. The zero-order chi connectivity index (χ0) is 21.5. The zero-order valence-electron chi connectivity index (χ0n) is 18.6. The molecule has 0 aliphatic carbocycles. The lowest BCUT2D eigenvalue weighted by Gasteiger charge is -2.23. The fourth-order valence-corrected chi connectivity index (χ4v) is 4.10. The van der Waals surface area contributed by atoms with Crippen molar-refractivity contribution in [3.8, 4) is 5.75 Å². The number of pyridine rings is 1. The molecular formula is C23H33ClN4O4. The summed E-state index contributed by atoms with van der Waals surface area (Å²) in [5.74, 6) is 2.42. The van der Waals surface area contributed by atoms with E-state index in [1.54, 1.807) is 7.11 Å². The Balaban J connectivity index is 0.00000289. The molecule has 4 rings (SSSR count). The fraction of sp³-hybridized carbons (Fsp3) is 0.565. The molecule has 3 aromatic rings. The molecule has 0 unspecified atom stereocenters. The van der Waals surface area contributed by atoms with Crippen LogP contribution in [0.2, 0.25) is 0 Å². The van der Waals surface area contributed by atoms with Crippen LogP contribution in [-0.2, 0) is 27.2 Å². The maximum absolute atomic E-state index is 5.82. The lowest BCUT2D eigenvalue weighted by Crippen LogP contribution is -2.21. The molecule has 1 aliphatic heterocycles. The lowest BCUT2D eigenvalue weighted by molar-refractivity contribution is 0.0612. The van der Waals surface area contributed by atoms with E-state index in [0.717, 1.165) is 72.5 Å². The predicted molar refractivity (Wildman–Crippen MR) is 127 cm³/mol. The second-order valence-electron chi connectivity index (χ2n) is 7.86. The third-order valence-electron chi connectivity index (χ3n) is 5.69. The molecule has 0 atom stereocenters. The minimum atomic E-state index is 0. The molecule has 176 valence electrons. The van der Waals surface area contributed by atoms with E-state index in [2.05, 4.69) is 15.6 Å². The van der Waals surface area contributed by atoms with Crippen molar-refractivity contribution in [2.75, 3.05) is 53.3 Å². The van der Waals surface area contributed by atoms with Crippen molar-refractivity contribution in [3.05, 3.63) is 30.2 Å². The molecule has 1 aromatic carbocycles. The Bertz CT molecular complexity index is 991. The summed E-state index contributed by atoms with van der Waals surface area (Å²) in [5, 5.41) is 1.09. The van der Waals surface area contributed by atoms with Gasteiger partial charge in [-0.05, 0) is 30.9 Å². The first kappa shape index (κ1) is 24.7. The highest BCUT2D eigenvalue weighted by Crippen LogP contribution is 2.30. The van der Waals surface area contributed by atoms with Gasteiger partial charge in [-0.2, -0.15) is 0 Å². The molecule has 3 heterocycles. The van der Waals surface area contributed by atoms with Gasteiger partial charge in [0.25, 0.3) is 0 Å². The van der Waals surface area contributed by atoms with E-state index in [0.29, 0.717) is 38.9 Å². The smallest absolute Gasteiger partial charge is 0.121 e. The monoisotopic (exact) mass is 464 g/mol. The van der Waals surface area contributed by atoms with Gasteiger partial charge >= 0.3 is 0 Å². The topological polar surface area (TPSA) is 93.7 Å². The van der Waals surface area contributed by atoms with Gasteiger partial charge in [-0.25, -0.2) is 4.98 Å². The maximum Gasteiger partial charge on any atom is 0.121 e. The van der Waals surface area contributed by atoms with Crippen LogP contribution in [0.15, 0.2) is 24.4 Å². The third-order valence-corrected chi connectivity index (χ3v) is 5.69. The van der Waals surface area contributed by atoms with E-state index in [-0.39, 0.29) is 12.4 Å². The van der Waals surface area contributed by atoms with Gasteiger partial charge in [-0.3, -0.25) is 4.98 Å². The molecule has 2 N–H and O–H groups in total. The number of fused-ring (bicyclic) bond motifs is 3. The average Bonchev–Trinajstić information content (AvgIpc) is 3.15. The zero-order valence-corrected chi connectivity index (χ0v) is 19.4. The molecule has 1 fully saturated rings. The van der Waals surface area contributed by atoms with E-state index < -0.39 is 0 Å². The van der Waals surface area contributed by atoms with Crippen LogP contribution in [0.5, 0.6) is 5.75 Å². The summed E-state index contributed by atoms with van der Waals surface area (Å²) in [6.07, 6.45) is 4.80. The molecule has 0 bridgehead atoms. The Morgan fingerprint density at radius 3 is 2.75 bits per heavy atom. The van der Waals surface area contributed by atoms with Crippen LogP contribution in [0.1, 0.15) is 18.7 Å². The quantitative estimate of drug-likeness (QED) is 0.436. The fourth-order valence-electron chi connectivity index (χ4n) is 4.10.